The van der Waals surface area contributed by atoms with Gasteiger partial charge in [-0.1, -0.05) is 91.6 Å². The summed E-state index contributed by atoms with van der Waals surface area (Å²) in [6, 6.07) is 21.1. The number of rotatable bonds is 14. The highest BCUT2D eigenvalue weighted by molar-refractivity contribution is 7.92. The highest BCUT2D eigenvalue weighted by atomic mass is 35.5. The molecule has 0 aliphatic rings. The Bertz CT molecular complexity index is 1470. The van der Waals surface area contributed by atoms with Crippen molar-refractivity contribution >= 4 is 50.7 Å². The molecular weight excluding hydrogens is 593 g/mol. The molecule has 226 valence electrons. The van der Waals surface area contributed by atoms with Gasteiger partial charge in [-0.2, -0.15) is 0 Å². The SMILES string of the molecule is Cc1ccccc1N(CCCC(=O)N(Cc1ccc(Cl)c(Cl)c1)[C@@H](Cc1ccccc1)C(=O)NCC(C)C)S(C)(=O)=O. The summed E-state index contributed by atoms with van der Waals surface area (Å²) >= 11 is 12.4. The number of nitrogens with one attached hydrogen (secondary N) is 1. The smallest absolute Gasteiger partial charge is 0.243 e. The lowest BCUT2D eigenvalue weighted by atomic mass is 10.0. The number of para-hydroxylation sites is 1. The number of aryl methyl sites for hydroxylation is 1. The Morgan fingerprint density at radius 2 is 1.57 bits per heavy atom. The second-order valence-corrected chi connectivity index (χ2v) is 13.6. The number of benzene rings is 3. The van der Waals surface area contributed by atoms with Crippen LogP contribution in [0.5, 0.6) is 0 Å². The van der Waals surface area contributed by atoms with Crippen LogP contribution in [0.2, 0.25) is 10.0 Å². The third-order valence-corrected chi connectivity index (χ3v) is 8.75. The summed E-state index contributed by atoms with van der Waals surface area (Å²) in [6.07, 6.45) is 1.79. The van der Waals surface area contributed by atoms with E-state index in [0.717, 1.165) is 22.9 Å². The molecule has 2 amide bonds. The fourth-order valence-electron chi connectivity index (χ4n) is 4.64. The van der Waals surface area contributed by atoms with Crippen LogP contribution in [0.4, 0.5) is 5.69 Å². The lowest BCUT2D eigenvalue weighted by Crippen LogP contribution is -2.51. The van der Waals surface area contributed by atoms with Crippen molar-refractivity contribution in [3.8, 4) is 0 Å². The van der Waals surface area contributed by atoms with Crippen molar-refractivity contribution in [1.82, 2.24) is 10.2 Å². The van der Waals surface area contributed by atoms with Crippen LogP contribution in [-0.4, -0.2) is 50.5 Å². The zero-order valence-corrected chi connectivity index (χ0v) is 26.8. The van der Waals surface area contributed by atoms with E-state index in [1.165, 1.54) is 4.31 Å². The minimum Gasteiger partial charge on any atom is -0.354 e. The largest absolute Gasteiger partial charge is 0.354 e. The van der Waals surface area contributed by atoms with E-state index in [2.05, 4.69) is 5.32 Å². The molecule has 0 spiro atoms. The van der Waals surface area contributed by atoms with E-state index in [9.17, 15) is 18.0 Å². The van der Waals surface area contributed by atoms with Crippen molar-refractivity contribution in [1.29, 1.82) is 0 Å². The summed E-state index contributed by atoms with van der Waals surface area (Å²) in [5.74, 6) is -0.285. The van der Waals surface area contributed by atoms with E-state index in [-0.39, 0.29) is 43.7 Å². The number of anilines is 1. The molecule has 1 N–H and O–H groups in total. The van der Waals surface area contributed by atoms with Gasteiger partial charge in [0.15, 0.2) is 0 Å². The number of carbonyl (C=O) groups excluding carboxylic acids is 2. The van der Waals surface area contributed by atoms with Gasteiger partial charge in [-0.15, -0.1) is 0 Å². The first kappa shape index (κ1) is 33.4. The molecule has 42 heavy (non-hydrogen) atoms. The third kappa shape index (κ3) is 9.75. The van der Waals surface area contributed by atoms with Crippen LogP contribution in [0, 0.1) is 12.8 Å². The fraction of sp³-hybridized carbons (Fsp3) is 0.375. The lowest BCUT2D eigenvalue weighted by Gasteiger charge is -2.32. The van der Waals surface area contributed by atoms with Crippen LogP contribution in [0.15, 0.2) is 72.8 Å². The molecule has 1 atom stereocenters. The van der Waals surface area contributed by atoms with E-state index < -0.39 is 16.1 Å². The summed E-state index contributed by atoms with van der Waals surface area (Å²) in [4.78, 5) is 29.1. The van der Waals surface area contributed by atoms with Gasteiger partial charge in [0.25, 0.3) is 0 Å². The van der Waals surface area contributed by atoms with Crippen molar-refractivity contribution in [3.05, 3.63) is 99.5 Å². The Morgan fingerprint density at radius 3 is 2.19 bits per heavy atom. The minimum atomic E-state index is -3.58. The summed E-state index contributed by atoms with van der Waals surface area (Å²) in [5.41, 5.74) is 3.04. The summed E-state index contributed by atoms with van der Waals surface area (Å²) in [6.45, 7) is 6.59. The Labute approximate surface area is 259 Å². The summed E-state index contributed by atoms with van der Waals surface area (Å²) < 4.78 is 26.7. The lowest BCUT2D eigenvalue weighted by molar-refractivity contribution is -0.141. The van der Waals surface area contributed by atoms with Crippen LogP contribution in [0.25, 0.3) is 0 Å². The van der Waals surface area contributed by atoms with Gasteiger partial charge in [0.05, 0.1) is 22.0 Å². The summed E-state index contributed by atoms with van der Waals surface area (Å²) in [5, 5.41) is 3.75. The highest BCUT2D eigenvalue weighted by Gasteiger charge is 2.31. The molecule has 0 unspecified atom stereocenters. The number of carbonyl (C=O) groups is 2. The first-order chi connectivity index (χ1) is 19.9. The van der Waals surface area contributed by atoms with Gasteiger partial charge in [0.1, 0.15) is 6.04 Å². The molecule has 0 saturated heterocycles. The topological polar surface area (TPSA) is 86.8 Å². The monoisotopic (exact) mass is 631 g/mol. The molecule has 3 rings (SSSR count). The Kier molecular flexibility index (Phi) is 12.3. The maximum atomic E-state index is 13.9. The molecule has 0 fully saturated rings. The second kappa shape index (κ2) is 15.4. The molecule has 7 nitrogen and oxygen atoms in total. The molecule has 0 aromatic heterocycles. The number of halogens is 2. The van der Waals surface area contributed by atoms with Crippen LogP contribution in [0.1, 0.15) is 43.4 Å². The molecule has 0 saturated carbocycles. The molecule has 0 heterocycles. The van der Waals surface area contributed by atoms with Gasteiger partial charge in [-0.05, 0) is 54.2 Å². The number of hydrogen-bond acceptors (Lipinski definition) is 4. The average molecular weight is 633 g/mol. The predicted octanol–water partition coefficient (Wildman–Crippen LogP) is 6.26. The maximum Gasteiger partial charge on any atom is 0.243 e. The zero-order chi connectivity index (χ0) is 30.9. The molecule has 0 aliphatic carbocycles. The van der Waals surface area contributed by atoms with E-state index in [1.54, 1.807) is 35.2 Å². The minimum absolute atomic E-state index is 0.0436. The Morgan fingerprint density at radius 1 is 0.905 bits per heavy atom. The number of amides is 2. The van der Waals surface area contributed by atoms with Gasteiger partial charge in [0.2, 0.25) is 21.8 Å². The first-order valence-electron chi connectivity index (χ1n) is 13.9. The zero-order valence-electron chi connectivity index (χ0n) is 24.5. The second-order valence-electron chi connectivity index (χ2n) is 10.8. The predicted molar refractivity (Wildman–Crippen MR) is 171 cm³/mol. The molecule has 0 bridgehead atoms. The fourth-order valence-corrected chi connectivity index (χ4v) is 5.98. The average Bonchev–Trinajstić information content (AvgIpc) is 2.94. The van der Waals surface area contributed by atoms with Gasteiger partial charge in [-0.3, -0.25) is 13.9 Å². The normalized spacial score (nSPS) is 12.2. The molecule has 3 aromatic carbocycles. The van der Waals surface area contributed by atoms with Crippen molar-refractivity contribution in [2.45, 2.75) is 52.6 Å². The van der Waals surface area contributed by atoms with E-state index in [4.69, 9.17) is 23.2 Å². The molecule has 0 radical (unpaired) electrons. The van der Waals surface area contributed by atoms with E-state index >= 15 is 0 Å². The summed E-state index contributed by atoms with van der Waals surface area (Å²) in [7, 11) is -3.58. The Balaban J connectivity index is 1.91. The maximum absolute atomic E-state index is 13.9. The molecule has 3 aromatic rings. The van der Waals surface area contributed by atoms with E-state index in [0.29, 0.717) is 28.7 Å². The van der Waals surface area contributed by atoms with Crippen LogP contribution >= 0.6 is 23.2 Å². The quantitative estimate of drug-likeness (QED) is 0.227. The number of hydrogen-bond donors (Lipinski definition) is 1. The van der Waals surface area contributed by atoms with Gasteiger partial charge < -0.3 is 10.2 Å². The van der Waals surface area contributed by atoms with Crippen LogP contribution in [-0.2, 0) is 32.6 Å². The third-order valence-electron chi connectivity index (χ3n) is 6.83. The number of sulfonamides is 1. The van der Waals surface area contributed by atoms with Crippen LogP contribution < -0.4 is 9.62 Å². The van der Waals surface area contributed by atoms with Crippen molar-refractivity contribution < 1.29 is 18.0 Å². The molecule has 10 heteroatoms. The standard InChI is InChI=1S/C32H39Cl2N3O4S/c1-23(2)21-35-32(39)30(20-25-12-6-5-7-13-25)36(22-26-16-17-27(33)28(34)19-26)31(38)15-10-18-37(42(4,40)41)29-14-9-8-11-24(29)3/h5-9,11-14,16-17,19,23,30H,10,15,18,20-22H2,1-4H3,(H,35,39)/t30-/m0/s1. The number of nitrogens with zero attached hydrogens (tertiary/aromatic N) is 2. The van der Waals surface area contributed by atoms with Gasteiger partial charge in [0, 0.05) is 32.5 Å². The molecular formula is C32H39Cl2N3O4S. The van der Waals surface area contributed by atoms with Crippen molar-refractivity contribution in [3.63, 3.8) is 0 Å². The van der Waals surface area contributed by atoms with E-state index in [1.807, 2.05) is 63.2 Å². The van der Waals surface area contributed by atoms with Crippen molar-refractivity contribution in [2.75, 3.05) is 23.7 Å². The van der Waals surface area contributed by atoms with Crippen LogP contribution in [0.3, 0.4) is 0 Å². The first-order valence-corrected chi connectivity index (χ1v) is 16.6. The molecule has 0 aliphatic heterocycles. The Hall–Kier alpha value is -3.07. The van der Waals surface area contributed by atoms with Gasteiger partial charge >= 0.3 is 0 Å². The van der Waals surface area contributed by atoms with Gasteiger partial charge in [-0.25, -0.2) is 8.42 Å². The highest BCUT2D eigenvalue weighted by Crippen LogP contribution is 2.26. The van der Waals surface area contributed by atoms with Crippen molar-refractivity contribution in [2.24, 2.45) is 5.92 Å².